The highest BCUT2D eigenvalue weighted by molar-refractivity contribution is 5.66. The lowest BCUT2D eigenvalue weighted by Crippen LogP contribution is -2.02. The summed E-state index contributed by atoms with van der Waals surface area (Å²) in [6, 6.07) is 14.6. The summed E-state index contributed by atoms with van der Waals surface area (Å²) in [5.41, 5.74) is 8.03. The number of benzene rings is 2. The molecule has 0 saturated carbocycles. The summed E-state index contributed by atoms with van der Waals surface area (Å²) in [6.45, 7) is 0. The standard InChI is InChI=1S/C18H16N6O3/c1-25-13-7-3-11(4-8-13)17-20-18(27-22-17)15-16(19)24(23-21-15)12-5-9-14(26-2)10-6-12/h3-10H,19H2,1-2H3. The van der Waals surface area contributed by atoms with Gasteiger partial charge in [0.1, 0.15) is 11.5 Å². The van der Waals surface area contributed by atoms with Gasteiger partial charge in [-0.1, -0.05) is 10.4 Å². The van der Waals surface area contributed by atoms with E-state index >= 15 is 0 Å². The van der Waals surface area contributed by atoms with Gasteiger partial charge in [0.25, 0.3) is 5.89 Å². The van der Waals surface area contributed by atoms with Gasteiger partial charge < -0.3 is 19.7 Å². The average Bonchev–Trinajstić information content (AvgIpc) is 3.35. The highest BCUT2D eigenvalue weighted by Crippen LogP contribution is 2.27. The van der Waals surface area contributed by atoms with E-state index in [1.165, 1.54) is 4.68 Å². The van der Waals surface area contributed by atoms with Crippen LogP contribution in [-0.4, -0.2) is 39.4 Å². The Morgan fingerprint density at radius 2 is 1.56 bits per heavy atom. The molecule has 9 nitrogen and oxygen atoms in total. The first-order valence-corrected chi connectivity index (χ1v) is 8.03. The highest BCUT2D eigenvalue weighted by Gasteiger charge is 2.19. The van der Waals surface area contributed by atoms with Crippen molar-refractivity contribution in [3.63, 3.8) is 0 Å². The molecule has 0 bridgehead atoms. The van der Waals surface area contributed by atoms with Crippen LogP contribution in [0.2, 0.25) is 0 Å². The summed E-state index contributed by atoms with van der Waals surface area (Å²) in [7, 11) is 3.21. The van der Waals surface area contributed by atoms with Crippen molar-refractivity contribution in [3.8, 4) is 40.2 Å². The monoisotopic (exact) mass is 364 g/mol. The van der Waals surface area contributed by atoms with E-state index in [1.807, 2.05) is 48.5 Å². The Hall–Kier alpha value is -3.88. The molecule has 0 aliphatic rings. The van der Waals surface area contributed by atoms with Crippen molar-refractivity contribution in [1.82, 2.24) is 25.1 Å². The van der Waals surface area contributed by atoms with Crippen LogP contribution in [0.15, 0.2) is 53.1 Å². The van der Waals surface area contributed by atoms with Crippen molar-refractivity contribution in [1.29, 1.82) is 0 Å². The van der Waals surface area contributed by atoms with Gasteiger partial charge in [0.2, 0.25) is 5.82 Å². The maximum atomic E-state index is 6.19. The molecule has 4 rings (SSSR count). The van der Waals surface area contributed by atoms with Crippen molar-refractivity contribution in [3.05, 3.63) is 48.5 Å². The van der Waals surface area contributed by atoms with Crippen molar-refractivity contribution < 1.29 is 14.0 Å². The van der Waals surface area contributed by atoms with E-state index < -0.39 is 0 Å². The minimum absolute atomic E-state index is 0.193. The van der Waals surface area contributed by atoms with E-state index in [9.17, 15) is 0 Å². The molecular formula is C18H16N6O3. The summed E-state index contributed by atoms with van der Waals surface area (Å²) in [5.74, 6) is 2.39. The van der Waals surface area contributed by atoms with E-state index in [4.69, 9.17) is 19.7 Å². The maximum Gasteiger partial charge on any atom is 0.282 e. The Morgan fingerprint density at radius 3 is 2.19 bits per heavy atom. The van der Waals surface area contributed by atoms with Crippen LogP contribution in [0.25, 0.3) is 28.7 Å². The number of hydrogen-bond donors (Lipinski definition) is 1. The zero-order valence-electron chi connectivity index (χ0n) is 14.7. The number of ether oxygens (including phenoxy) is 2. The summed E-state index contributed by atoms with van der Waals surface area (Å²) >= 11 is 0. The Balaban J connectivity index is 1.64. The van der Waals surface area contributed by atoms with Crippen molar-refractivity contribution in [2.45, 2.75) is 0 Å². The predicted octanol–water partition coefficient (Wildman–Crippen LogP) is 2.58. The van der Waals surface area contributed by atoms with E-state index in [0.29, 0.717) is 17.3 Å². The lowest BCUT2D eigenvalue weighted by atomic mass is 10.2. The van der Waals surface area contributed by atoms with E-state index in [1.54, 1.807) is 14.2 Å². The second-order valence-corrected chi connectivity index (χ2v) is 5.58. The van der Waals surface area contributed by atoms with E-state index in [2.05, 4.69) is 20.5 Å². The Labute approximate surface area is 154 Å². The fraction of sp³-hybridized carbons (Fsp3) is 0.111. The molecule has 136 valence electrons. The number of nitrogens with two attached hydrogens (primary N) is 1. The fourth-order valence-corrected chi connectivity index (χ4v) is 2.53. The molecular weight excluding hydrogens is 348 g/mol. The van der Waals surface area contributed by atoms with Gasteiger partial charge in [-0.15, -0.1) is 5.10 Å². The molecule has 0 unspecified atom stereocenters. The quantitative estimate of drug-likeness (QED) is 0.575. The van der Waals surface area contributed by atoms with E-state index in [-0.39, 0.29) is 5.89 Å². The molecule has 0 fully saturated rings. The molecule has 2 heterocycles. The number of aromatic nitrogens is 5. The molecule has 2 N–H and O–H groups in total. The van der Waals surface area contributed by atoms with Gasteiger partial charge in [0, 0.05) is 5.56 Å². The van der Waals surface area contributed by atoms with Crippen LogP contribution in [0.5, 0.6) is 11.5 Å². The van der Waals surface area contributed by atoms with E-state index in [0.717, 1.165) is 22.7 Å². The lowest BCUT2D eigenvalue weighted by Gasteiger charge is -2.04. The molecule has 0 spiro atoms. The van der Waals surface area contributed by atoms with Gasteiger partial charge in [-0.25, -0.2) is 0 Å². The molecule has 9 heteroatoms. The molecule has 0 atom stereocenters. The zero-order valence-corrected chi connectivity index (χ0v) is 14.7. The predicted molar refractivity (Wildman–Crippen MR) is 97.6 cm³/mol. The smallest absolute Gasteiger partial charge is 0.282 e. The van der Waals surface area contributed by atoms with Crippen LogP contribution in [0.1, 0.15) is 0 Å². The molecule has 0 aliphatic carbocycles. The number of hydrogen-bond acceptors (Lipinski definition) is 8. The molecule has 27 heavy (non-hydrogen) atoms. The Kier molecular flexibility index (Phi) is 4.17. The van der Waals surface area contributed by atoms with Crippen LogP contribution in [0.3, 0.4) is 0 Å². The van der Waals surface area contributed by atoms with Gasteiger partial charge in [-0.2, -0.15) is 9.67 Å². The van der Waals surface area contributed by atoms with Crippen LogP contribution >= 0.6 is 0 Å². The van der Waals surface area contributed by atoms with Crippen LogP contribution in [0, 0.1) is 0 Å². The molecule has 2 aromatic carbocycles. The van der Waals surface area contributed by atoms with Gasteiger partial charge >= 0.3 is 0 Å². The minimum Gasteiger partial charge on any atom is -0.497 e. The molecule has 0 aliphatic heterocycles. The molecule has 4 aromatic rings. The van der Waals surface area contributed by atoms with Crippen LogP contribution in [0.4, 0.5) is 5.82 Å². The van der Waals surface area contributed by atoms with Gasteiger partial charge in [-0.05, 0) is 48.5 Å². The first-order chi connectivity index (χ1) is 13.2. The van der Waals surface area contributed by atoms with Gasteiger partial charge in [0.15, 0.2) is 11.5 Å². The summed E-state index contributed by atoms with van der Waals surface area (Å²) in [4.78, 5) is 4.37. The maximum absolute atomic E-state index is 6.19. The molecule has 2 aromatic heterocycles. The Morgan fingerprint density at radius 1 is 0.926 bits per heavy atom. The van der Waals surface area contributed by atoms with Crippen LogP contribution in [-0.2, 0) is 0 Å². The second-order valence-electron chi connectivity index (χ2n) is 5.58. The molecule has 0 amide bonds. The summed E-state index contributed by atoms with van der Waals surface area (Å²) in [5, 5.41) is 12.1. The number of nitrogens with zero attached hydrogens (tertiary/aromatic N) is 5. The third-order valence-corrected chi connectivity index (χ3v) is 4.00. The Bertz CT molecular complexity index is 1050. The number of methoxy groups -OCH3 is 2. The average molecular weight is 364 g/mol. The third kappa shape index (κ3) is 3.06. The number of nitrogen functional groups attached to an aromatic ring is 1. The minimum atomic E-state index is 0.193. The normalized spacial score (nSPS) is 10.7. The largest absolute Gasteiger partial charge is 0.497 e. The second kappa shape index (κ2) is 6.79. The number of rotatable bonds is 5. The first-order valence-electron chi connectivity index (χ1n) is 8.03. The number of anilines is 1. The lowest BCUT2D eigenvalue weighted by molar-refractivity contribution is 0.414. The summed E-state index contributed by atoms with van der Waals surface area (Å²) < 4.78 is 17.1. The van der Waals surface area contributed by atoms with Gasteiger partial charge in [-0.3, -0.25) is 0 Å². The van der Waals surface area contributed by atoms with Crippen molar-refractivity contribution in [2.24, 2.45) is 0 Å². The SMILES string of the molecule is COc1ccc(-c2noc(-c3nnn(-c4ccc(OC)cc4)c3N)n2)cc1. The first kappa shape index (κ1) is 16.6. The fourth-order valence-electron chi connectivity index (χ4n) is 2.53. The third-order valence-electron chi connectivity index (χ3n) is 4.00. The molecule has 0 radical (unpaired) electrons. The van der Waals surface area contributed by atoms with Gasteiger partial charge in [0.05, 0.1) is 19.9 Å². The van der Waals surface area contributed by atoms with Crippen molar-refractivity contribution in [2.75, 3.05) is 20.0 Å². The highest BCUT2D eigenvalue weighted by atomic mass is 16.5. The summed E-state index contributed by atoms with van der Waals surface area (Å²) in [6.07, 6.45) is 0. The zero-order chi connectivity index (χ0) is 18.8. The van der Waals surface area contributed by atoms with Crippen LogP contribution < -0.4 is 15.2 Å². The van der Waals surface area contributed by atoms with Crippen molar-refractivity contribution >= 4 is 5.82 Å². The topological polar surface area (TPSA) is 114 Å². The molecule has 0 saturated heterocycles.